The Morgan fingerprint density at radius 1 is 0.968 bits per heavy atom. The minimum atomic E-state index is 0.453. The van der Waals surface area contributed by atoms with Gasteiger partial charge in [-0.3, -0.25) is 0 Å². The third-order valence-electron chi connectivity index (χ3n) is 4.82. The van der Waals surface area contributed by atoms with Gasteiger partial charge in [-0.1, -0.05) is 41.9 Å². The average Bonchev–Trinajstić information content (AvgIpc) is 3.50. The summed E-state index contributed by atoms with van der Waals surface area (Å²) >= 11 is 7.53. The van der Waals surface area contributed by atoms with Crippen LogP contribution in [0.15, 0.2) is 72.5 Å². The fourth-order valence-electron chi connectivity index (χ4n) is 3.36. The quantitative estimate of drug-likeness (QED) is 0.412. The van der Waals surface area contributed by atoms with Gasteiger partial charge in [0.25, 0.3) is 0 Å². The predicted molar refractivity (Wildman–Crippen MR) is 121 cm³/mol. The number of benzene rings is 2. The maximum absolute atomic E-state index is 6.01. The summed E-state index contributed by atoms with van der Waals surface area (Å²) in [5.41, 5.74) is 3.59. The minimum Gasteiger partial charge on any atom is -0.307 e. The molecule has 0 aliphatic rings. The van der Waals surface area contributed by atoms with Crippen LogP contribution in [0.2, 0.25) is 5.02 Å². The highest BCUT2D eigenvalue weighted by molar-refractivity contribution is 7.15. The lowest BCUT2D eigenvalue weighted by atomic mass is 10.2. The molecule has 0 aliphatic carbocycles. The summed E-state index contributed by atoms with van der Waals surface area (Å²) in [6, 6.07) is 17.5. The first-order valence-corrected chi connectivity index (χ1v) is 10.6. The Morgan fingerprint density at radius 2 is 1.81 bits per heavy atom. The van der Waals surface area contributed by atoms with Crippen molar-refractivity contribution in [3.8, 4) is 16.9 Å². The number of para-hydroxylation sites is 1. The Kier molecular flexibility index (Phi) is 4.15. The summed E-state index contributed by atoms with van der Waals surface area (Å²) in [6.45, 7) is 0. The molecule has 0 amide bonds. The number of thiazole rings is 1. The first kappa shape index (κ1) is 18.0. The summed E-state index contributed by atoms with van der Waals surface area (Å²) in [4.78, 5) is 14.2. The highest BCUT2D eigenvalue weighted by Gasteiger charge is 2.15. The molecule has 0 fully saturated rings. The van der Waals surface area contributed by atoms with Crippen LogP contribution in [0.4, 0.5) is 11.8 Å². The molecule has 0 radical (unpaired) electrons. The molecule has 0 bridgehead atoms. The van der Waals surface area contributed by atoms with E-state index >= 15 is 0 Å². The standard InChI is InChI=1S/C21H13ClN8S/c22-14-8-6-13(7-9-14)17-11-31-21-27-20(28-30(17)21)26-18-16-10-25-29(19(16)24-12-23-18)15-4-2-1-3-5-15/h1-12H,(H,23,24,26,28). The van der Waals surface area contributed by atoms with Crippen molar-refractivity contribution in [1.82, 2.24) is 34.3 Å². The van der Waals surface area contributed by atoms with Crippen LogP contribution in [0.3, 0.4) is 0 Å². The zero-order chi connectivity index (χ0) is 20.8. The van der Waals surface area contributed by atoms with Crippen molar-refractivity contribution in [2.75, 3.05) is 5.32 Å². The summed E-state index contributed by atoms with van der Waals surface area (Å²) in [5.74, 6) is 1.05. The van der Waals surface area contributed by atoms with Gasteiger partial charge in [0.2, 0.25) is 10.9 Å². The molecule has 0 saturated heterocycles. The normalized spacial score (nSPS) is 11.4. The van der Waals surface area contributed by atoms with Crippen molar-refractivity contribution in [3.05, 3.63) is 77.5 Å². The molecule has 0 aliphatic heterocycles. The fraction of sp³-hybridized carbons (Fsp3) is 0. The third kappa shape index (κ3) is 3.11. The van der Waals surface area contributed by atoms with Crippen LogP contribution in [-0.4, -0.2) is 34.3 Å². The van der Waals surface area contributed by atoms with Crippen molar-refractivity contribution >= 4 is 50.7 Å². The van der Waals surface area contributed by atoms with E-state index < -0.39 is 0 Å². The summed E-state index contributed by atoms with van der Waals surface area (Å²) in [7, 11) is 0. The first-order chi connectivity index (χ1) is 15.3. The van der Waals surface area contributed by atoms with Gasteiger partial charge in [-0.25, -0.2) is 19.2 Å². The van der Waals surface area contributed by atoms with E-state index in [0.717, 1.165) is 27.3 Å². The molecule has 4 heterocycles. The summed E-state index contributed by atoms with van der Waals surface area (Å²) in [6.07, 6.45) is 3.24. The largest absolute Gasteiger partial charge is 0.307 e. The van der Waals surface area contributed by atoms with E-state index in [1.54, 1.807) is 10.9 Å². The maximum atomic E-state index is 6.01. The van der Waals surface area contributed by atoms with E-state index in [1.807, 2.05) is 64.5 Å². The van der Waals surface area contributed by atoms with Crippen LogP contribution >= 0.6 is 22.9 Å². The lowest BCUT2D eigenvalue weighted by Gasteiger charge is -2.04. The van der Waals surface area contributed by atoms with Crippen LogP contribution in [0, 0.1) is 0 Å². The molecule has 31 heavy (non-hydrogen) atoms. The van der Waals surface area contributed by atoms with Crippen molar-refractivity contribution in [2.24, 2.45) is 0 Å². The van der Waals surface area contributed by atoms with Crippen molar-refractivity contribution in [2.45, 2.75) is 0 Å². The Labute approximate surface area is 184 Å². The number of anilines is 2. The lowest BCUT2D eigenvalue weighted by molar-refractivity contribution is 0.895. The van der Waals surface area contributed by atoms with Crippen LogP contribution in [-0.2, 0) is 0 Å². The number of nitrogens with one attached hydrogen (secondary N) is 1. The zero-order valence-electron chi connectivity index (χ0n) is 15.8. The van der Waals surface area contributed by atoms with E-state index in [9.17, 15) is 0 Å². The van der Waals surface area contributed by atoms with Gasteiger partial charge in [-0.15, -0.1) is 16.4 Å². The SMILES string of the molecule is Clc1ccc(-c2csc3nc(Nc4ncnc5c4cnn5-c4ccccc4)nn23)cc1. The predicted octanol–water partition coefficient (Wildman–Crippen LogP) is 4.98. The second-order valence-corrected chi connectivity index (χ2v) is 8.01. The summed E-state index contributed by atoms with van der Waals surface area (Å²) in [5, 5.41) is 15.8. The van der Waals surface area contributed by atoms with Gasteiger partial charge in [-0.2, -0.15) is 10.1 Å². The van der Waals surface area contributed by atoms with Crippen LogP contribution < -0.4 is 5.32 Å². The highest BCUT2D eigenvalue weighted by Crippen LogP contribution is 2.28. The van der Waals surface area contributed by atoms with Gasteiger partial charge in [0, 0.05) is 16.0 Å². The summed E-state index contributed by atoms with van der Waals surface area (Å²) < 4.78 is 3.59. The third-order valence-corrected chi connectivity index (χ3v) is 5.89. The molecular weight excluding hydrogens is 432 g/mol. The van der Waals surface area contributed by atoms with Gasteiger partial charge in [0.1, 0.15) is 12.1 Å². The average molecular weight is 445 g/mol. The smallest absolute Gasteiger partial charge is 0.249 e. The monoisotopic (exact) mass is 444 g/mol. The van der Waals surface area contributed by atoms with E-state index in [1.165, 1.54) is 17.7 Å². The van der Waals surface area contributed by atoms with Crippen LogP contribution in [0.1, 0.15) is 0 Å². The Balaban J connectivity index is 1.38. The highest BCUT2D eigenvalue weighted by atomic mass is 35.5. The van der Waals surface area contributed by atoms with Crippen molar-refractivity contribution in [1.29, 1.82) is 0 Å². The van der Waals surface area contributed by atoms with Crippen molar-refractivity contribution < 1.29 is 0 Å². The Morgan fingerprint density at radius 3 is 2.65 bits per heavy atom. The number of aromatic nitrogens is 7. The second kappa shape index (κ2) is 7.15. The fourth-order valence-corrected chi connectivity index (χ4v) is 4.32. The second-order valence-electron chi connectivity index (χ2n) is 6.73. The number of hydrogen-bond donors (Lipinski definition) is 1. The minimum absolute atomic E-state index is 0.453. The molecular formula is C21H13ClN8S. The van der Waals surface area contributed by atoms with Gasteiger partial charge in [-0.05, 0) is 24.3 Å². The number of nitrogens with zero attached hydrogens (tertiary/aromatic N) is 7. The van der Waals surface area contributed by atoms with Gasteiger partial charge < -0.3 is 5.32 Å². The van der Waals surface area contributed by atoms with Gasteiger partial charge in [0.05, 0.1) is 23.0 Å². The molecule has 0 unspecified atom stereocenters. The number of fused-ring (bicyclic) bond motifs is 2. The number of hydrogen-bond acceptors (Lipinski definition) is 7. The molecule has 6 rings (SSSR count). The molecule has 150 valence electrons. The molecule has 0 spiro atoms. The number of halogens is 1. The maximum Gasteiger partial charge on any atom is 0.249 e. The Bertz CT molecular complexity index is 1520. The van der Waals surface area contributed by atoms with E-state index in [4.69, 9.17) is 11.6 Å². The van der Waals surface area contributed by atoms with Gasteiger partial charge >= 0.3 is 0 Å². The topological polar surface area (TPSA) is 85.8 Å². The molecule has 0 saturated carbocycles. The van der Waals surface area contributed by atoms with E-state index in [-0.39, 0.29) is 0 Å². The molecule has 8 nitrogen and oxygen atoms in total. The molecule has 0 atom stereocenters. The molecule has 1 N–H and O–H groups in total. The van der Waals surface area contributed by atoms with Gasteiger partial charge in [0.15, 0.2) is 5.65 Å². The molecule has 4 aromatic heterocycles. The van der Waals surface area contributed by atoms with Crippen LogP contribution in [0.5, 0.6) is 0 Å². The van der Waals surface area contributed by atoms with Crippen molar-refractivity contribution in [3.63, 3.8) is 0 Å². The van der Waals surface area contributed by atoms with E-state index in [0.29, 0.717) is 22.4 Å². The lowest BCUT2D eigenvalue weighted by Crippen LogP contribution is -2.00. The molecule has 6 aromatic rings. The molecule has 10 heteroatoms. The number of rotatable bonds is 4. The van der Waals surface area contributed by atoms with Crippen LogP contribution in [0.25, 0.3) is 32.9 Å². The van der Waals surface area contributed by atoms with E-state index in [2.05, 4.69) is 30.5 Å². The molecule has 2 aromatic carbocycles. The Hall–Kier alpha value is -3.82. The zero-order valence-corrected chi connectivity index (χ0v) is 17.4. The first-order valence-electron chi connectivity index (χ1n) is 9.38.